The molecule has 1 fully saturated rings. The van der Waals surface area contributed by atoms with Crippen molar-refractivity contribution in [3.8, 4) is 0 Å². The summed E-state index contributed by atoms with van der Waals surface area (Å²) in [5.74, 6) is 0. The Hall–Kier alpha value is -0.790. The average Bonchev–Trinajstić information content (AvgIpc) is 2.25. The molecule has 0 bridgehead atoms. The number of hydrogen-bond acceptors (Lipinski definition) is 6. The number of nitrogens with two attached hydrogens (primary N) is 1. The summed E-state index contributed by atoms with van der Waals surface area (Å²) in [6, 6.07) is -0.491. The molecule has 1 aliphatic rings. The number of piperazine rings is 1. The number of carbonyl (C=O) groups excluding carboxylic acids is 2. The SMILES string of the molecule is CC(C)(C)OC(=O)N1CCN(SN)CC1C=O. The summed E-state index contributed by atoms with van der Waals surface area (Å²) >= 11 is 1.09. The minimum atomic E-state index is -0.551. The molecule has 0 aromatic carbocycles. The van der Waals surface area contributed by atoms with Crippen molar-refractivity contribution in [3.63, 3.8) is 0 Å². The molecule has 0 saturated carbocycles. The Morgan fingerprint density at radius 2 is 2.12 bits per heavy atom. The molecule has 6 nitrogen and oxygen atoms in total. The largest absolute Gasteiger partial charge is 0.444 e. The molecule has 1 amide bonds. The van der Waals surface area contributed by atoms with Crippen molar-refractivity contribution >= 4 is 24.5 Å². The van der Waals surface area contributed by atoms with Gasteiger partial charge in [-0.15, -0.1) is 0 Å². The summed E-state index contributed by atoms with van der Waals surface area (Å²) in [6.45, 7) is 6.91. The van der Waals surface area contributed by atoms with E-state index >= 15 is 0 Å². The third-order valence-corrected chi connectivity index (χ3v) is 2.95. The number of rotatable bonds is 2. The van der Waals surface area contributed by atoms with Crippen molar-refractivity contribution in [3.05, 3.63) is 0 Å². The third-order valence-electron chi connectivity index (χ3n) is 2.32. The molecule has 1 saturated heterocycles. The van der Waals surface area contributed by atoms with Gasteiger partial charge in [-0.25, -0.2) is 9.10 Å². The fourth-order valence-electron chi connectivity index (χ4n) is 1.54. The minimum Gasteiger partial charge on any atom is -0.444 e. The normalized spacial score (nSPS) is 22.4. The average molecular weight is 261 g/mol. The van der Waals surface area contributed by atoms with Crippen LogP contribution in [-0.4, -0.2) is 52.9 Å². The number of aldehydes is 1. The van der Waals surface area contributed by atoms with E-state index in [2.05, 4.69) is 0 Å². The molecule has 0 radical (unpaired) electrons. The van der Waals surface area contributed by atoms with E-state index in [9.17, 15) is 9.59 Å². The predicted octanol–water partition coefficient (Wildman–Crippen LogP) is 0.629. The molecule has 1 heterocycles. The van der Waals surface area contributed by atoms with Crippen LogP contribution in [0.3, 0.4) is 0 Å². The van der Waals surface area contributed by atoms with Crippen LogP contribution < -0.4 is 5.14 Å². The summed E-state index contributed by atoms with van der Waals surface area (Å²) in [5, 5.41) is 5.44. The van der Waals surface area contributed by atoms with Crippen molar-refractivity contribution in [1.82, 2.24) is 9.21 Å². The zero-order chi connectivity index (χ0) is 13.1. The topological polar surface area (TPSA) is 75.9 Å². The molecule has 0 aliphatic carbocycles. The number of amides is 1. The summed E-state index contributed by atoms with van der Waals surface area (Å²) in [6.07, 6.45) is 0.308. The molecule has 17 heavy (non-hydrogen) atoms. The van der Waals surface area contributed by atoms with Crippen molar-refractivity contribution in [1.29, 1.82) is 0 Å². The van der Waals surface area contributed by atoms with Crippen LogP contribution in [0.15, 0.2) is 0 Å². The Kier molecular flexibility index (Phi) is 4.79. The zero-order valence-electron chi connectivity index (χ0n) is 10.4. The Labute approximate surface area is 106 Å². The van der Waals surface area contributed by atoms with Crippen molar-refractivity contribution in [2.75, 3.05) is 19.6 Å². The highest BCUT2D eigenvalue weighted by molar-refractivity contribution is 7.94. The molecule has 1 aliphatic heterocycles. The van der Waals surface area contributed by atoms with Gasteiger partial charge < -0.3 is 9.53 Å². The standard InChI is InChI=1S/C10H19N3O3S/c1-10(2,3)16-9(15)13-5-4-12(17-11)6-8(13)7-14/h7-8H,4-6,11H2,1-3H3. The van der Waals surface area contributed by atoms with Gasteiger partial charge in [0.15, 0.2) is 0 Å². The third kappa shape index (κ3) is 4.18. The smallest absolute Gasteiger partial charge is 0.410 e. The lowest BCUT2D eigenvalue weighted by Crippen LogP contribution is -2.55. The van der Waals surface area contributed by atoms with E-state index in [0.29, 0.717) is 19.6 Å². The van der Waals surface area contributed by atoms with E-state index < -0.39 is 17.7 Å². The molecular weight excluding hydrogens is 242 g/mol. The zero-order valence-corrected chi connectivity index (χ0v) is 11.2. The van der Waals surface area contributed by atoms with Crippen molar-refractivity contribution in [2.45, 2.75) is 32.4 Å². The molecule has 2 N–H and O–H groups in total. The lowest BCUT2D eigenvalue weighted by atomic mass is 10.2. The fourth-order valence-corrected chi connectivity index (χ4v) is 1.97. The molecule has 1 unspecified atom stereocenters. The molecular formula is C10H19N3O3S. The predicted molar refractivity (Wildman–Crippen MR) is 66.1 cm³/mol. The number of ether oxygens (including phenoxy) is 1. The van der Waals surface area contributed by atoms with Crippen molar-refractivity contribution < 1.29 is 14.3 Å². The second kappa shape index (κ2) is 5.70. The molecule has 7 heteroatoms. The monoisotopic (exact) mass is 261 g/mol. The lowest BCUT2D eigenvalue weighted by Gasteiger charge is -2.37. The Morgan fingerprint density at radius 3 is 2.59 bits per heavy atom. The first-order valence-corrected chi connectivity index (χ1v) is 6.27. The van der Waals surface area contributed by atoms with Gasteiger partial charge in [-0.3, -0.25) is 10.0 Å². The maximum absolute atomic E-state index is 11.9. The second-order valence-electron chi connectivity index (χ2n) is 4.87. The number of hydrogen-bond donors (Lipinski definition) is 1. The molecule has 0 aromatic heterocycles. The highest BCUT2D eigenvalue weighted by Gasteiger charge is 2.33. The van der Waals surface area contributed by atoms with Gasteiger partial charge in [0.2, 0.25) is 0 Å². The highest BCUT2D eigenvalue weighted by atomic mass is 32.2. The van der Waals surface area contributed by atoms with Crippen LogP contribution in [0, 0.1) is 0 Å². The molecule has 1 atom stereocenters. The van der Waals surface area contributed by atoms with Gasteiger partial charge in [0.1, 0.15) is 17.9 Å². The maximum atomic E-state index is 11.9. The summed E-state index contributed by atoms with van der Waals surface area (Å²) < 4.78 is 7.10. The summed E-state index contributed by atoms with van der Waals surface area (Å²) in [7, 11) is 0. The van der Waals surface area contributed by atoms with Crippen LogP contribution in [0.4, 0.5) is 4.79 Å². The number of carbonyl (C=O) groups is 2. The second-order valence-corrected chi connectivity index (χ2v) is 5.60. The van der Waals surface area contributed by atoms with E-state index in [1.54, 1.807) is 20.8 Å². The lowest BCUT2D eigenvalue weighted by molar-refractivity contribution is -0.113. The van der Waals surface area contributed by atoms with Gasteiger partial charge >= 0.3 is 6.09 Å². The fraction of sp³-hybridized carbons (Fsp3) is 0.800. The van der Waals surface area contributed by atoms with Crippen molar-refractivity contribution in [2.24, 2.45) is 5.14 Å². The first-order valence-electron chi connectivity index (χ1n) is 5.44. The van der Waals surface area contributed by atoms with Crippen LogP contribution in [0.1, 0.15) is 20.8 Å². The van der Waals surface area contributed by atoms with Crippen LogP contribution in [-0.2, 0) is 9.53 Å². The molecule has 0 spiro atoms. The van der Waals surface area contributed by atoms with E-state index in [-0.39, 0.29) is 0 Å². The van der Waals surface area contributed by atoms with Crippen LogP contribution in [0.5, 0.6) is 0 Å². The highest BCUT2D eigenvalue weighted by Crippen LogP contribution is 2.17. The quantitative estimate of drug-likeness (QED) is 0.580. The molecule has 98 valence electrons. The van der Waals surface area contributed by atoms with Gasteiger partial charge in [-0.2, -0.15) is 0 Å². The van der Waals surface area contributed by atoms with Gasteiger partial charge in [-0.05, 0) is 20.8 Å². The Morgan fingerprint density at radius 1 is 1.47 bits per heavy atom. The molecule has 1 rings (SSSR count). The summed E-state index contributed by atoms with van der Waals surface area (Å²) in [4.78, 5) is 24.3. The maximum Gasteiger partial charge on any atom is 0.410 e. The van der Waals surface area contributed by atoms with Gasteiger partial charge in [0, 0.05) is 31.8 Å². The number of nitrogens with zero attached hydrogens (tertiary/aromatic N) is 2. The first-order chi connectivity index (χ1) is 7.87. The summed E-state index contributed by atoms with van der Waals surface area (Å²) in [5.41, 5.74) is -0.551. The van der Waals surface area contributed by atoms with E-state index in [1.807, 2.05) is 4.31 Å². The van der Waals surface area contributed by atoms with Gasteiger partial charge in [-0.1, -0.05) is 0 Å². The first kappa shape index (κ1) is 14.3. The minimum absolute atomic E-state index is 0.434. The molecule has 0 aromatic rings. The van der Waals surface area contributed by atoms with Gasteiger partial charge in [0.25, 0.3) is 0 Å². The van der Waals surface area contributed by atoms with E-state index in [0.717, 1.165) is 18.4 Å². The van der Waals surface area contributed by atoms with Crippen LogP contribution >= 0.6 is 12.1 Å². The van der Waals surface area contributed by atoms with E-state index in [4.69, 9.17) is 9.88 Å². The van der Waals surface area contributed by atoms with Crippen LogP contribution in [0.2, 0.25) is 0 Å². The van der Waals surface area contributed by atoms with E-state index in [1.165, 1.54) is 4.90 Å². The van der Waals surface area contributed by atoms with Crippen LogP contribution in [0.25, 0.3) is 0 Å². The van der Waals surface area contributed by atoms with Gasteiger partial charge in [0.05, 0.1) is 0 Å². The Bertz CT molecular complexity index is 293. The Balaban J connectivity index is 2.64.